The second-order valence-electron chi connectivity index (χ2n) is 9.78. The monoisotopic (exact) mass is 667 g/mol. The minimum Gasteiger partial charge on any atom is -0.357 e. The third-order valence-corrected chi connectivity index (χ3v) is 9.26. The van der Waals surface area contributed by atoms with Crippen molar-refractivity contribution in [2.24, 2.45) is 0 Å². The first-order chi connectivity index (χ1) is 20.1. The van der Waals surface area contributed by atoms with E-state index in [-0.39, 0.29) is 23.8 Å². The highest BCUT2D eigenvalue weighted by atomic mass is 79.9. The molecule has 218 valence electrons. The summed E-state index contributed by atoms with van der Waals surface area (Å²) in [6, 6.07) is 28.7. The summed E-state index contributed by atoms with van der Waals surface area (Å²) in [5.74, 6) is -0.886. The first-order valence-electron chi connectivity index (χ1n) is 13.2. The van der Waals surface area contributed by atoms with Crippen molar-refractivity contribution < 1.29 is 18.0 Å². The molecule has 1 atom stereocenters. The Morgan fingerprint density at radius 1 is 0.881 bits per heavy atom. The summed E-state index contributed by atoms with van der Waals surface area (Å²) in [7, 11) is -2.67. The molecule has 0 aliphatic rings. The summed E-state index contributed by atoms with van der Waals surface area (Å²) in [6.45, 7) is 1.41. The van der Waals surface area contributed by atoms with E-state index in [9.17, 15) is 18.0 Å². The fourth-order valence-corrected chi connectivity index (χ4v) is 6.58. The molecule has 0 aliphatic carbocycles. The number of hydrogen-bond donors (Lipinski definition) is 1. The van der Waals surface area contributed by atoms with Crippen molar-refractivity contribution in [2.75, 3.05) is 17.9 Å². The molecule has 0 spiro atoms. The summed E-state index contributed by atoms with van der Waals surface area (Å²) in [4.78, 5) is 29.0. The molecule has 0 radical (unpaired) electrons. The molecule has 4 aromatic carbocycles. The first-order valence-corrected chi connectivity index (χ1v) is 15.8. The Balaban J connectivity index is 1.79. The van der Waals surface area contributed by atoms with Crippen LogP contribution in [0.25, 0.3) is 0 Å². The number of nitrogens with zero attached hydrogens (tertiary/aromatic N) is 2. The smallest absolute Gasteiger partial charge is 0.264 e. The summed E-state index contributed by atoms with van der Waals surface area (Å²) in [5.41, 5.74) is 2.81. The van der Waals surface area contributed by atoms with Crippen molar-refractivity contribution in [3.05, 3.63) is 129 Å². The van der Waals surface area contributed by atoms with Crippen LogP contribution in [-0.2, 0) is 32.6 Å². The van der Waals surface area contributed by atoms with E-state index in [1.165, 1.54) is 36.2 Å². The van der Waals surface area contributed by atoms with Crippen LogP contribution in [0.3, 0.4) is 0 Å². The van der Waals surface area contributed by atoms with Gasteiger partial charge in [-0.25, -0.2) is 8.42 Å². The molecule has 0 heterocycles. The number of rotatable bonds is 11. The number of nitrogens with one attached hydrogen (secondary N) is 1. The third-order valence-electron chi connectivity index (χ3n) is 6.73. The SMILES string of the molecule is CNC(=O)[C@H](Cc1ccccc1)N(Cc1cccc(Br)c1)C(=O)CN(c1cccc(C)c1)S(=O)(=O)c1ccc(Cl)cc1. The number of likely N-dealkylation sites (N-methyl/N-ethyl adjacent to an activating group) is 1. The number of carbonyl (C=O) groups is 2. The molecule has 7 nitrogen and oxygen atoms in total. The number of aryl methyl sites for hydroxylation is 1. The van der Waals surface area contributed by atoms with E-state index in [0.717, 1.165) is 25.5 Å². The summed E-state index contributed by atoms with van der Waals surface area (Å²) >= 11 is 9.50. The van der Waals surface area contributed by atoms with E-state index in [2.05, 4.69) is 21.2 Å². The Kier molecular flexibility index (Phi) is 10.4. The van der Waals surface area contributed by atoms with Crippen molar-refractivity contribution in [1.82, 2.24) is 10.2 Å². The fourth-order valence-electron chi connectivity index (χ4n) is 4.60. The predicted molar refractivity (Wildman–Crippen MR) is 170 cm³/mol. The van der Waals surface area contributed by atoms with E-state index in [4.69, 9.17) is 11.6 Å². The number of anilines is 1. The Morgan fingerprint density at radius 3 is 2.19 bits per heavy atom. The van der Waals surface area contributed by atoms with Crippen LogP contribution >= 0.6 is 27.5 Å². The highest BCUT2D eigenvalue weighted by Gasteiger charge is 2.34. The van der Waals surface area contributed by atoms with E-state index in [1.807, 2.05) is 67.6 Å². The van der Waals surface area contributed by atoms with Crippen molar-refractivity contribution in [2.45, 2.75) is 30.8 Å². The summed E-state index contributed by atoms with van der Waals surface area (Å²) < 4.78 is 29.9. The van der Waals surface area contributed by atoms with Crippen LogP contribution < -0.4 is 9.62 Å². The molecule has 0 bridgehead atoms. The summed E-state index contributed by atoms with van der Waals surface area (Å²) in [5, 5.41) is 3.08. The second kappa shape index (κ2) is 14.0. The minimum atomic E-state index is -4.19. The predicted octanol–water partition coefficient (Wildman–Crippen LogP) is 5.99. The standard InChI is InChI=1S/C32H31BrClN3O4S/c1-23-8-6-13-28(18-23)37(42(40,41)29-16-14-27(34)15-17-29)22-31(38)36(21-25-11-7-12-26(33)19-25)30(32(39)35-2)20-24-9-4-3-5-10-24/h3-19,30H,20-22H2,1-2H3,(H,35,39)/t30-/m0/s1. The first kappa shape index (κ1) is 31.3. The Hall–Kier alpha value is -3.66. The van der Waals surface area contributed by atoms with Gasteiger partial charge in [-0.1, -0.05) is 82.1 Å². The molecule has 0 saturated carbocycles. The minimum absolute atomic E-state index is 0.00752. The van der Waals surface area contributed by atoms with Gasteiger partial charge in [0.15, 0.2) is 0 Å². The number of carbonyl (C=O) groups excluding carboxylic acids is 2. The topological polar surface area (TPSA) is 86.8 Å². The van der Waals surface area contributed by atoms with Gasteiger partial charge in [0.05, 0.1) is 10.6 Å². The van der Waals surface area contributed by atoms with Crippen LogP contribution in [0.5, 0.6) is 0 Å². The van der Waals surface area contributed by atoms with Gasteiger partial charge in [0.25, 0.3) is 10.0 Å². The van der Waals surface area contributed by atoms with Crippen molar-refractivity contribution in [3.8, 4) is 0 Å². The fraction of sp³-hybridized carbons (Fsp3) is 0.188. The molecule has 0 saturated heterocycles. The molecule has 1 N–H and O–H groups in total. The van der Waals surface area contributed by atoms with Crippen molar-refractivity contribution in [3.63, 3.8) is 0 Å². The van der Waals surface area contributed by atoms with Gasteiger partial charge in [-0.05, 0) is 72.1 Å². The number of hydrogen-bond acceptors (Lipinski definition) is 4. The molecule has 4 rings (SSSR count). The van der Waals surface area contributed by atoms with E-state index in [0.29, 0.717) is 10.7 Å². The number of benzene rings is 4. The lowest BCUT2D eigenvalue weighted by atomic mass is 10.0. The summed E-state index contributed by atoms with van der Waals surface area (Å²) in [6.07, 6.45) is 0.245. The number of amides is 2. The van der Waals surface area contributed by atoms with Crippen LogP contribution in [0.2, 0.25) is 5.02 Å². The van der Waals surface area contributed by atoms with E-state index in [1.54, 1.807) is 18.2 Å². The maximum atomic E-state index is 14.3. The molecule has 2 amide bonds. The van der Waals surface area contributed by atoms with Gasteiger partial charge in [-0.2, -0.15) is 0 Å². The van der Waals surface area contributed by atoms with Crippen LogP contribution in [0, 0.1) is 6.92 Å². The lowest BCUT2D eigenvalue weighted by Gasteiger charge is -2.33. The zero-order chi connectivity index (χ0) is 30.3. The van der Waals surface area contributed by atoms with Crippen molar-refractivity contribution in [1.29, 1.82) is 0 Å². The highest BCUT2D eigenvalue weighted by molar-refractivity contribution is 9.10. The van der Waals surface area contributed by atoms with Crippen LogP contribution in [0.15, 0.2) is 112 Å². The van der Waals surface area contributed by atoms with Gasteiger partial charge in [-0.15, -0.1) is 0 Å². The van der Waals surface area contributed by atoms with Crippen molar-refractivity contribution >= 4 is 55.1 Å². The third kappa shape index (κ3) is 7.79. The number of halogens is 2. The lowest BCUT2D eigenvalue weighted by Crippen LogP contribution is -2.53. The van der Waals surface area contributed by atoms with Crippen LogP contribution in [-0.4, -0.2) is 44.8 Å². The molecular formula is C32H31BrClN3O4S. The Bertz CT molecular complexity index is 1650. The normalized spacial score (nSPS) is 11.9. The second-order valence-corrected chi connectivity index (χ2v) is 13.0. The maximum absolute atomic E-state index is 14.3. The largest absolute Gasteiger partial charge is 0.357 e. The zero-order valence-corrected chi connectivity index (χ0v) is 26.4. The van der Waals surface area contributed by atoms with Crippen LogP contribution in [0.1, 0.15) is 16.7 Å². The van der Waals surface area contributed by atoms with Gasteiger partial charge in [0, 0.05) is 29.5 Å². The molecule has 0 unspecified atom stereocenters. The molecule has 0 aliphatic heterocycles. The zero-order valence-electron chi connectivity index (χ0n) is 23.2. The Morgan fingerprint density at radius 2 is 1.55 bits per heavy atom. The highest BCUT2D eigenvalue weighted by Crippen LogP contribution is 2.27. The molecule has 0 fully saturated rings. The van der Waals surface area contributed by atoms with Gasteiger partial charge in [0.2, 0.25) is 11.8 Å². The molecule has 10 heteroatoms. The maximum Gasteiger partial charge on any atom is 0.264 e. The molecule has 0 aromatic heterocycles. The van der Waals surface area contributed by atoms with Gasteiger partial charge in [-0.3, -0.25) is 13.9 Å². The average molecular weight is 669 g/mol. The van der Waals surface area contributed by atoms with E-state index < -0.39 is 28.5 Å². The van der Waals surface area contributed by atoms with Gasteiger partial charge in [0.1, 0.15) is 12.6 Å². The average Bonchev–Trinajstić information content (AvgIpc) is 2.98. The number of sulfonamides is 1. The van der Waals surface area contributed by atoms with E-state index >= 15 is 0 Å². The van der Waals surface area contributed by atoms with Crippen LogP contribution in [0.4, 0.5) is 5.69 Å². The lowest BCUT2D eigenvalue weighted by molar-refractivity contribution is -0.139. The molecule has 4 aromatic rings. The molecule has 42 heavy (non-hydrogen) atoms. The quantitative estimate of drug-likeness (QED) is 0.213. The Labute approximate surface area is 260 Å². The van der Waals surface area contributed by atoms with Gasteiger partial charge >= 0.3 is 0 Å². The molecular weight excluding hydrogens is 638 g/mol. The van der Waals surface area contributed by atoms with Gasteiger partial charge < -0.3 is 10.2 Å².